The normalized spacial score (nSPS) is 12.4. The second-order valence-corrected chi connectivity index (χ2v) is 5.17. The lowest BCUT2D eigenvalue weighted by atomic mass is 10.3. The highest BCUT2D eigenvalue weighted by Crippen LogP contribution is 2.16. The highest BCUT2D eigenvalue weighted by atomic mass is 35.5. The number of halogens is 1. The van der Waals surface area contributed by atoms with Crippen LogP contribution in [0.3, 0.4) is 0 Å². The lowest BCUT2D eigenvalue weighted by molar-refractivity contribution is 0.0921. The molecule has 0 fully saturated rings. The van der Waals surface area contributed by atoms with Crippen molar-refractivity contribution >= 4 is 11.6 Å². The van der Waals surface area contributed by atoms with Gasteiger partial charge in [0.1, 0.15) is 18.5 Å². The van der Waals surface area contributed by atoms with Gasteiger partial charge in [0.2, 0.25) is 0 Å². The molecule has 0 aliphatic rings. The Morgan fingerprint density at radius 2 is 1.95 bits per heavy atom. The Morgan fingerprint density at radius 1 is 1.26 bits per heavy atom. The Morgan fingerprint density at radius 3 is 2.53 bits per heavy atom. The zero-order valence-electron chi connectivity index (χ0n) is 11.1. The molecule has 1 aromatic carbocycles. The monoisotopic (exact) mass is 279 g/mol. The lowest BCUT2D eigenvalue weighted by Gasteiger charge is -2.14. The maximum Gasteiger partial charge on any atom is 0.119 e. The van der Waals surface area contributed by atoms with Crippen molar-refractivity contribution in [2.45, 2.75) is 26.5 Å². The summed E-state index contributed by atoms with van der Waals surface area (Å²) < 4.78 is 7.55. The van der Waals surface area contributed by atoms with Crippen molar-refractivity contribution in [3.8, 4) is 5.75 Å². The molecule has 0 radical (unpaired) electrons. The molecule has 1 unspecified atom stereocenters. The minimum atomic E-state index is -0.541. The molecule has 102 valence electrons. The smallest absolute Gasteiger partial charge is 0.119 e. The molecule has 19 heavy (non-hydrogen) atoms. The Labute approximate surface area is 118 Å². The number of aromatic nitrogens is 1. The van der Waals surface area contributed by atoms with Crippen LogP contribution in [0.15, 0.2) is 36.5 Å². The Hall–Kier alpha value is -1.45. The van der Waals surface area contributed by atoms with Crippen molar-refractivity contribution in [2.24, 2.45) is 0 Å². The molecule has 1 N–H and O–H groups in total. The molecule has 2 aromatic rings. The summed E-state index contributed by atoms with van der Waals surface area (Å²) in [5, 5.41) is 10.7. The number of ether oxygens (including phenoxy) is 1. The molecular formula is C15H18ClNO2. The second kappa shape index (κ2) is 6.13. The molecule has 0 aliphatic heterocycles. The zero-order chi connectivity index (χ0) is 13.8. The molecule has 0 spiro atoms. The summed E-state index contributed by atoms with van der Waals surface area (Å²) in [6.07, 6.45) is 1.49. The fraction of sp³-hybridized carbons (Fsp3) is 0.333. The van der Waals surface area contributed by atoms with E-state index in [4.69, 9.17) is 16.3 Å². The molecule has 0 aliphatic carbocycles. The molecule has 2 rings (SSSR count). The number of rotatable bonds is 5. The van der Waals surface area contributed by atoms with Crippen LogP contribution in [0.2, 0.25) is 5.02 Å². The average Bonchev–Trinajstić information content (AvgIpc) is 2.67. The number of hydrogen-bond acceptors (Lipinski definition) is 2. The van der Waals surface area contributed by atoms with Crippen LogP contribution in [0.1, 0.15) is 11.3 Å². The van der Waals surface area contributed by atoms with Crippen molar-refractivity contribution in [1.82, 2.24) is 4.57 Å². The van der Waals surface area contributed by atoms with Crippen molar-refractivity contribution < 1.29 is 9.84 Å². The molecule has 3 nitrogen and oxygen atoms in total. The first-order chi connectivity index (χ1) is 9.04. The first-order valence-electron chi connectivity index (χ1n) is 6.24. The topological polar surface area (TPSA) is 34.4 Å². The number of hydrogen-bond donors (Lipinski definition) is 1. The van der Waals surface area contributed by atoms with Crippen LogP contribution in [0.4, 0.5) is 0 Å². The fourth-order valence-corrected chi connectivity index (χ4v) is 2.12. The number of aliphatic hydroxyl groups excluding tert-OH is 1. The predicted octanol–water partition coefficient (Wildman–Crippen LogP) is 3.20. The SMILES string of the molecule is Cc1cc(C)n(CC(O)COc2ccc(Cl)cc2)c1. The van der Waals surface area contributed by atoms with E-state index in [9.17, 15) is 5.11 Å². The molecule has 4 heteroatoms. The van der Waals surface area contributed by atoms with Crippen LogP contribution in [-0.2, 0) is 6.54 Å². The molecular weight excluding hydrogens is 262 g/mol. The first kappa shape index (κ1) is 14.0. The Balaban J connectivity index is 1.86. The zero-order valence-corrected chi connectivity index (χ0v) is 11.9. The van der Waals surface area contributed by atoms with Crippen LogP contribution >= 0.6 is 11.6 Å². The third-order valence-electron chi connectivity index (χ3n) is 2.91. The van der Waals surface area contributed by atoms with Crippen LogP contribution in [-0.4, -0.2) is 22.4 Å². The third-order valence-corrected chi connectivity index (χ3v) is 3.16. The molecule has 0 saturated carbocycles. The van der Waals surface area contributed by atoms with Gasteiger partial charge in [0.05, 0.1) is 6.54 Å². The molecule has 1 atom stereocenters. The van der Waals surface area contributed by atoms with E-state index in [1.165, 1.54) is 5.56 Å². The van der Waals surface area contributed by atoms with E-state index < -0.39 is 6.10 Å². The van der Waals surface area contributed by atoms with Gasteiger partial charge in [-0.2, -0.15) is 0 Å². The molecule has 0 bridgehead atoms. The number of benzene rings is 1. The molecule has 0 amide bonds. The van der Waals surface area contributed by atoms with E-state index >= 15 is 0 Å². The van der Waals surface area contributed by atoms with Gasteiger partial charge in [0.25, 0.3) is 0 Å². The summed E-state index contributed by atoms with van der Waals surface area (Å²) in [6, 6.07) is 9.21. The first-order valence-corrected chi connectivity index (χ1v) is 6.62. The van der Waals surface area contributed by atoms with Gasteiger partial charge in [-0.25, -0.2) is 0 Å². The molecule has 1 heterocycles. The highest BCUT2D eigenvalue weighted by Gasteiger charge is 2.08. The number of aliphatic hydroxyl groups is 1. The van der Waals surface area contributed by atoms with Gasteiger partial charge in [0, 0.05) is 16.9 Å². The van der Waals surface area contributed by atoms with Gasteiger partial charge >= 0.3 is 0 Å². The molecule has 0 saturated heterocycles. The number of aryl methyl sites for hydroxylation is 2. The summed E-state index contributed by atoms with van der Waals surface area (Å²) in [7, 11) is 0. The summed E-state index contributed by atoms with van der Waals surface area (Å²) in [4.78, 5) is 0. The lowest BCUT2D eigenvalue weighted by Crippen LogP contribution is -2.23. The summed E-state index contributed by atoms with van der Waals surface area (Å²) in [6.45, 7) is 4.87. The average molecular weight is 280 g/mol. The summed E-state index contributed by atoms with van der Waals surface area (Å²) in [5.41, 5.74) is 2.34. The summed E-state index contributed by atoms with van der Waals surface area (Å²) in [5.74, 6) is 0.712. The van der Waals surface area contributed by atoms with E-state index in [0.29, 0.717) is 17.3 Å². The fourth-order valence-electron chi connectivity index (χ4n) is 2.00. The Bertz CT molecular complexity index is 534. The van der Waals surface area contributed by atoms with Gasteiger partial charge in [-0.05, 0) is 49.7 Å². The van der Waals surface area contributed by atoms with Crippen molar-refractivity contribution in [3.63, 3.8) is 0 Å². The summed E-state index contributed by atoms with van der Waals surface area (Å²) >= 11 is 5.79. The van der Waals surface area contributed by atoms with E-state index in [-0.39, 0.29) is 6.61 Å². The van der Waals surface area contributed by atoms with Crippen LogP contribution in [0.5, 0.6) is 5.75 Å². The predicted molar refractivity (Wildman–Crippen MR) is 76.9 cm³/mol. The standard InChI is InChI=1S/C15H18ClNO2/c1-11-7-12(2)17(8-11)9-14(18)10-19-15-5-3-13(16)4-6-15/h3-8,14,18H,9-10H2,1-2H3. The van der Waals surface area contributed by atoms with Crippen LogP contribution < -0.4 is 4.74 Å². The van der Waals surface area contributed by atoms with Gasteiger partial charge in [0.15, 0.2) is 0 Å². The molecule has 1 aromatic heterocycles. The van der Waals surface area contributed by atoms with Crippen LogP contribution in [0.25, 0.3) is 0 Å². The van der Waals surface area contributed by atoms with E-state index in [1.807, 2.05) is 24.6 Å². The van der Waals surface area contributed by atoms with E-state index in [0.717, 1.165) is 5.69 Å². The van der Waals surface area contributed by atoms with Crippen LogP contribution in [0, 0.1) is 13.8 Å². The third kappa shape index (κ3) is 4.01. The van der Waals surface area contributed by atoms with Gasteiger partial charge in [-0.1, -0.05) is 11.6 Å². The van der Waals surface area contributed by atoms with E-state index in [2.05, 4.69) is 6.07 Å². The minimum absolute atomic E-state index is 0.262. The van der Waals surface area contributed by atoms with Crippen molar-refractivity contribution in [1.29, 1.82) is 0 Å². The van der Waals surface area contributed by atoms with Crippen molar-refractivity contribution in [2.75, 3.05) is 6.61 Å². The minimum Gasteiger partial charge on any atom is -0.491 e. The maximum absolute atomic E-state index is 9.98. The van der Waals surface area contributed by atoms with Gasteiger partial charge < -0.3 is 14.4 Å². The van der Waals surface area contributed by atoms with E-state index in [1.54, 1.807) is 24.3 Å². The second-order valence-electron chi connectivity index (χ2n) is 4.73. The quantitative estimate of drug-likeness (QED) is 0.912. The maximum atomic E-state index is 9.98. The Kier molecular flexibility index (Phi) is 4.51. The van der Waals surface area contributed by atoms with Gasteiger partial charge in [-0.15, -0.1) is 0 Å². The highest BCUT2D eigenvalue weighted by molar-refractivity contribution is 6.30. The van der Waals surface area contributed by atoms with Crippen molar-refractivity contribution in [3.05, 3.63) is 52.8 Å². The largest absolute Gasteiger partial charge is 0.491 e. The number of nitrogens with zero attached hydrogens (tertiary/aromatic N) is 1. The van der Waals surface area contributed by atoms with Gasteiger partial charge in [-0.3, -0.25) is 0 Å².